The standard InChI is InChI=1S/C21H25N3O5/c1-14-12-19(23-29-14)22-21(26)15-8-10-24(11-9-15)20(25)7-4-16-13-17(27-2)5-6-18(16)28-3/h4-7,12-13,15H,8-11H2,1-3H3,(H,22,23,26)/b7-4+. The Morgan fingerprint density at radius 1 is 1.21 bits per heavy atom. The highest BCUT2D eigenvalue weighted by atomic mass is 16.5. The van der Waals surface area contributed by atoms with Crippen LogP contribution in [0.2, 0.25) is 0 Å². The molecule has 29 heavy (non-hydrogen) atoms. The van der Waals surface area contributed by atoms with Crippen molar-refractivity contribution in [3.63, 3.8) is 0 Å². The smallest absolute Gasteiger partial charge is 0.246 e. The van der Waals surface area contributed by atoms with E-state index in [9.17, 15) is 9.59 Å². The van der Waals surface area contributed by atoms with Crippen molar-refractivity contribution in [1.82, 2.24) is 10.1 Å². The first-order valence-corrected chi connectivity index (χ1v) is 9.43. The van der Waals surface area contributed by atoms with Gasteiger partial charge in [0.1, 0.15) is 17.3 Å². The van der Waals surface area contributed by atoms with Gasteiger partial charge in [-0.25, -0.2) is 0 Å². The van der Waals surface area contributed by atoms with Crippen LogP contribution in [-0.2, 0) is 9.59 Å². The molecule has 1 N–H and O–H groups in total. The number of carbonyl (C=O) groups excluding carboxylic acids is 2. The minimum atomic E-state index is -0.154. The molecular formula is C21H25N3O5. The van der Waals surface area contributed by atoms with Crippen LogP contribution in [0.15, 0.2) is 34.9 Å². The van der Waals surface area contributed by atoms with Gasteiger partial charge >= 0.3 is 0 Å². The third kappa shape index (κ3) is 5.16. The van der Waals surface area contributed by atoms with Gasteiger partial charge in [-0.05, 0) is 44.0 Å². The summed E-state index contributed by atoms with van der Waals surface area (Å²) in [6, 6.07) is 7.08. The largest absolute Gasteiger partial charge is 0.497 e. The highest BCUT2D eigenvalue weighted by molar-refractivity contribution is 5.93. The number of methoxy groups -OCH3 is 2. The van der Waals surface area contributed by atoms with Gasteiger partial charge in [-0.1, -0.05) is 5.16 Å². The van der Waals surface area contributed by atoms with Gasteiger partial charge in [0.15, 0.2) is 5.82 Å². The van der Waals surface area contributed by atoms with Crippen LogP contribution in [0.5, 0.6) is 11.5 Å². The van der Waals surface area contributed by atoms with E-state index in [1.165, 1.54) is 6.08 Å². The first kappa shape index (κ1) is 20.4. The number of likely N-dealkylation sites (tertiary alicyclic amines) is 1. The molecule has 8 heteroatoms. The Labute approximate surface area is 169 Å². The number of anilines is 1. The molecule has 0 atom stereocenters. The minimum Gasteiger partial charge on any atom is -0.497 e. The van der Waals surface area contributed by atoms with Crippen LogP contribution in [0.4, 0.5) is 5.82 Å². The molecule has 0 aliphatic carbocycles. The lowest BCUT2D eigenvalue weighted by molar-refractivity contribution is -0.130. The number of hydrogen-bond acceptors (Lipinski definition) is 6. The van der Waals surface area contributed by atoms with Gasteiger partial charge in [-0.15, -0.1) is 0 Å². The molecule has 1 aliphatic rings. The summed E-state index contributed by atoms with van der Waals surface area (Å²) >= 11 is 0. The van der Waals surface area contributed by atoms with Crippen LogP contribution in [0.3, 0.4) is 0 Å². The average molecular weight is 399 g/mol. The number of carbonyl (C=O) groups is 2. The first-order valence-electron chi connectivity index (χ1n) is 9.43. The summed E-state index contributed by atoms with van der Waals surface area (Å²) in [6.45, 7) is 2.81. The first-order chi connectivity index (χ1) is 14.0. The van der Waals surface area contributed by atoms with E-state index < -0.39 is 0 Å². The zero-order valence-electron chi connectivity index (χ0n) is 16.8. The summed E-state index contributed by atoms with van der Waals surface area (Å²) in [4.78, 5) is 26.6. The number of aryl methyl sites for hydroxylation is 1. The molecule has 1 aromatic heterocycles. The van der Waals surface area contributed by atoms with Gasteiger partial charge in [0, 0.05) is 36.7 Å². The van der Waals surface area contributed by atoms with Crippen molar-refractivity contribution in [1.29, 1.82) is 0 Å². The van der Waals surface area contributed by atoms with Gasteiger partial charge in [-0.2, -0.15) is 0 Å². The summed E-state index contributed by atoms with van der Waals surface area (Å²) in [5.74, 6) is 2.06. The van der Waals surface area contributed by atoms with E-state index in [-0.39, 0.29) is 17.7 Å². The average Bonchev–Trinajstić information content (AvgIpc) is 3.16. The Morgan fingerprint density at radius 2 is 1.97 bits per heavy atom. The molecule has 2 heterocycles. The van der Waals surface area contributed by atoms with Crippen LogP contribution in [0.1, 0.15) is 24.2 Å². The number of nitrogens with one attached hydrogen (secondary N) is 1. The molecule has 1 aromatic carbocycles. The van der Waals surface area contributed by atoms with Gasteiger partial charge in [-0.3, -0.25) is 9.59 Å². The highest BCUT2D eigenvalue weighted by Crippen LogP contribution is 2.25. The van der Waals surface area contributed by atoms with Gasteiger partial charge in [0.25, 0.3) is 0 Å². The van der Waals surface area contributed by atoms with Crippen LogP contribution in [-0.4, -0.2) is 49.2 Å². The topological polar surface area (TPSA) is 93.9 Å². The summed E-state index contributed by atoms with van der Waals surface area (Å²) in [5.41, 5.74) is 0.761. The number of aromatic nitrogens is 1. The molecular weight excluding hydrogens is 374 g/mol. The highest BCUT2D eigenvalue weighted by Gasteiger charge is 2.27. The summed E-state index contributed by atoms with van der Waals surface area (Å²) < 4.78 is 15.5. The predicted molar refractivity (Wildman–Crippen MR) is 108 cm³/mol. The van der Waals surface area contributed by atoms with E-state index in [2.05, 4.69) is 10.5 Å². The van der Waals surface area contributed by atoms with Crippen LogP contribution in [0.25, 0.3) is 6.08 Å². The lowest BCUT2D eigenvalue weighted by Gasteiger charge is -2.30. The van der Waals surface area contributed by atoms with Gasteiger partial charge in [0.05, 0.1) is 14.2 Å². The molecule has 0 unspecified atom stereocenters. The monoisotopic (exact) mass is 399 g/mol. The number of amides is 2. The second-order valence-corrected chi connectivity index (χ2v) is 6.85. The number of ether oxygens (including phenoxy) is 2. The Bertz CT molecular complexity index is 897. The van der Waals surface area contributed by atoms with Crippen LogP contribution < -0.4 is 14.8 Å². The molecule has 0 radical (unpaired) electrons. The Hall–Kier alpha value is -3.29. The van der Waals surface area contributed by atoms with E-state index in [0.29, 0.717) is 49.0 Å². The molecule has 8 nitrogen and oxygen atoms in total. The van der Waals surface area contributed by atoms with Gasteiger partial charge in [0.2, 0.25) is 11.8 Å². The third-order valence-corrected chi connectivity index (χ3v) is 4.90. The number of rotatable bonds is 6. The van der Waals surface area contributed by atoms with Crippen molar-refractivity contribution in [3.05, 3.63) is 41.7 Å². The van der Waals surface area contributed by atoms with E-state index in [0.717, 1.165) is 5.56 Å². The molecule has 2 aromatic rings. The Kier molecular flexibility index (Phi) is 6.54. The lowest BCUT2D eigenvalue weighted by atomic mass is 9.96. The molecule has 1 aliphatic heterocycles. The van der Waals surface area contributed by atoms with Crippen molar-refractivity contribution >= 4 is 23.7 Å². The molecule has 0 spiro atoms. The zero-order valence-corrected chi connectivity index (χ0v) is 16.8. The SMILES string of the molecule is COc1ccc(OC)c(/C=C/C(=O)N2CCC(C(=O)Nc3cc(C)on3)CC2)c1. The summed E-state index contributed by atoms with van der Waals surface area (Å²) in [6.07, 6.45) is 4.45. The molecule has 154 valence electrons. The predicted octanol–water partition coefficient (Wildman–Crippen LogP) is 2.89. The van der Waals surface area contributed by atoms with Crippen molar-refractivity contribution in [2.75, 3.05) is 32.6 Å². The second-order valence-electron chi connectivity index (χ2n) is 6.85. The van der Waals surface area contributed by atoms with Crippen molar-refractivity contribution in [2.24, 2.45) is 5.92 Å². The van der Waals surface area contributed by atoms with Crippen LogP contribution >= 0.6 is 0 Å². The Balaban J connectivity index is 1.55. The minimum absolute atomic E-state index is 0.0953. The molecule has 2 amide bonds. The summed E-state index contributed by atoms with van der Waals surface area (Å²) in [5, 5.41) is 6.53. The van der Waals surface area contributed by atoms with Crippen LogP contribution in [0, 0.1) is 12.8 Å². The Morgan fingerprint density at radius 3 is 2.59 bits per heavy atom. The van der Waals surface area contributed by atoms with E-state index in [1.54, 1.807) is 50.3 Å². The van der Waals surface area contributed by atoms with E-state index >= 15 is 0 Å². The van der Waals surface area contributed by atoms with E-state index in [4.69, 9.17) is 14.0 Å². The zero-order chi connectivity index (χ0) is 20.8. The van der Waals surface area contributed by atoms with Crippen molar-refractivity contribution < 1.29 is 23.6 Å². The fourth-order valence-electron chi connectivity index (χ4n) is 3.25. The third-order valence-electron chi connectivity index (χ3n) is 4.90. The maximum atomic E-state index is 12.5. The molecule has 0 saturated carbocycles. The molecule has 1 fully saturated rings. The normalized spacial score (nSPS) is 14.8. The maximum absolute atomic E-state index is 12.5. The van der Waals surface area contributed by atoms with Crippen molar-refractivity contribution in [3.8, 4) is 11.5 Å². The van der Waals surface area contributed by atoms with Crippen molar-refractivity contribution in [2.45, 2.75) is 19.8 Å². The fraction of sp³-hybridized carbons (Fsp3) is 0.381. The number of piperidine rings is 1. The molecule has 1 saturated heterocycles. The lowest BCUT2D eigenvalue weighted by Crippen LogP contribution is -2.40. The van der Waals surface area contributed by atoms with E-state index in [1.807, 2.05) is 6.07 Å². The maximum Gasteiger partial charge on any atom is 0.246 e. The molecule has 3 rings (SSSR count). The quantitative estimate of drug-likeness (QED) is 0.751. The second kappa shape index (κ2) is 9.27. The number of hydrogen-bond donors (Lipinski definition) is 1. The number of benzene rings is 1. The van der Waals surface area contributed by atoms with Gasteiger partial charge < -0.3 is 24.2 Å². The number of nitrogens with zero attached hydrogens (tertiary/aromatic N) is 2. The molecule has 0 bridgehead atoms. The summed E-state index contributed by atoms with van der Waals surface area (Å²) in [7, 11) is 3.17. The fourth-order valence-corrected chi connectivity index (χ4v) is 3.25.